The van der Waals surface area contributed by atoms with Crippen molar-refractivity contribution in [2.45, 2.75) is 0 Å². The fraction of sp³-hybridized carbons (Fsp3) is 0.727. The maximum atomic E-state index is 13.2. The van der Waals surface area contributed by atoms with Crippen LogP contribution in [0, 0.1) is 47.3 Å². The van der Waals surface area contributed by atoms with Crippen molar-refractivity contribution in [2.75, 3.05) is 54.4 Å². The van der Waals surface area contributed by atoms with E-state index in [4.69, 9.17) is 0 Å². The lowest BCUT2D eigenvalue weighted by atomic mass is 9.40. The first-order valence-electron chi connectivity index (χ1n) is 10.9. The van der Waals surface area contributed by atoms with Crippen LogP contribution in [0.4, 0.5) is 0 Å². The van der Waals surface area contributed by atoms with Crippen molar-refractivity contribution in [2.24, 2.45) is 47.3 Å². The molecule has 6 rings (SSSR count). The topological polar surface area (TPSA) is 81.2 Å². The molecule has 8 heteroatoms. The number of likely N-dealkylation sites (tertiary alicyclic amines) is 2. The summed E-state index contributed by atoms with van der Waals surface area (Å²) in [6.07, 6.45) is 4.12. The third-order valence-electron chi connectivity index (χ3n) is 8.07. The van der Waals surface area contributed by atoms with E-state index >= 15 is 0 Å². The fourth-order valence-electron chi connectivity index (χ4n) is 6.77. The van der Waals surface area contributed by atoms with Crippen LogP contribution in [0.3, 0.4) is 0 Å². The second-order valence-corrected chi connectivity index (χ2v) is 10.1. The van der Waals surface area contributed by atoms with Crippen LogP contribution < -0.4 is 0 Å². The van der Waals surface area contributed by atoms with Gasteiger partial charge in [0.25, 0.3) is 0 Å². The predicted octanol–water partition coefficient (Wildman–Crippen LogP) is -0.626. The standard InChI is InChI=1S/C22H30N4O4/c1-23(2)7-9-25-19(27)15-11-5-6-12(16(15)20(25)28)14-13(11)17-18(14)22(30)26(21(17)29)10-8-24(3)4/h5-6,11-18H,7-10H2,1-4H3. The molecule has 0 spiro atoms. The Bertz CT molecular complexity index is 796. The van der Waals surface area contributed by atoms with Crippen LogP contribution in [0.15, 0.2) is 12.2 Å². The molecule has 8 nitrogen and oxygen atoms in total. The molecule has 4 fully saturated rings. The number of nitrogens with zero attached hydrogens (tertiary/aromatic N) is 4. The molecule has 8 atom stereocenters. The largest absolute Gasteiger partial charge is 0.308 e. The van der Waals surface area contributed by atoms with Gasteiger partial charge in [-0.05, 0) is 51.9 Å². The molecular formula is C22H30N4O4. The lowest BCUT2D eigenvalue weighted by molar-refractivity contribution is -0.166. The third-order valence-corrected chi connectivity index (χ3v) is 8.07. The molecule has 0 N–H and O–H groups in total. The van der Waals surface area contributed by atoms with E-state index in [9.17, 15) is 19.2 Å². The second-order valence-electron chi connectivity index (χ2n) is 10.1. The summed E-state index contributed by atoms with van der Waals surface area (Å²) < 4.78 is 0. The van der Waals surface area contributed by atoms with Gasteiger partial charge in [0.05, 0.1) is 23.7 Å². The van der Waals surface area contributed by atoms with E-state index in [-0.39, 0.29) is 71.0 Å². The first kappa shape index (κ1) is 19.9. The van der Waals surface area contributed by atoms with Crippen molar-refractivity contribution < 1.29 is 19.2 Å². The number of likely N-dealkylation sites (N-methyl/N-ethyl adjacent to an activating group) is 2. The number of carbonyl (C=O) groups excluding carboxylic acids is 4. The molecular weight excluding hydrogens is 384 g/mol. The van der Waals surface area contributed by atoms with Crippen molar-refractivity contribution in [3.63, 3.8) is 0 Å². The summed E-state index contributed by atoms with van der Waals surface area (Å²) in [6.45, 7) is 2.08. The van der Waals surface area contributed by atoms with E-state index in [1.165, 1.54) is 9.80 Å². The maximum Gasteiger partial charge on any atom is 0.233 e. The maximum absolute atomic E-state index is 13.2. The molecule has 2 bridgehead atoms. The number of fused-ring (bicyclic) bond motifs is 1. The van der Waals surface area contributed by atoms with Crippen LogP contribution in [0.5, 0.6) is 0 Å². The molecule has 6 aliphatic rings. The van der Waals surface area contributed by atoms with Gasteiger partial charge in [0, 0.05) is 26.2 Å². The van der Waals surface area contributed by atoms with Crippen molar-refractivity contribution in [1.82, 2.24) is 19.6 Å². The number of hydrogen-bond donors (Lipinski definition) is 0. The Hall–Kier alpha value is -2.06. The second kappa shape index (κ2) is 6.72. The minimum absolute atomic E-state index is 0.0117. The Labute approximate surface area is 176 Å². The van der Waals surface area contributed by atoms with Crippen molar-refractivity contribution in [3.05, 3.63) is 12.2 Å². The van der Waals surface area contributed by atoms with Crippen molar-refractivity contribution in [3.8, 4) is 0 Å². The fourth-order valence-corrected chi connectivity index (χ4v) is 6.77. The number of amides is 4. The van der Waals surface area contributed by atoms with Crippen LogP contribution >= 0.6 is 0 Å². The first-order chi connectivity index (χ1) is 14.2. The number of hydrogen-bond acceptors (Lipinski definition) is 6. The molecule has 162 valence electrons. The van der Waals surface area contributed by atoms with Crippen LogP contribution in [0.25, 0.3) is 0 Å². The Balaban J connectivity index is 1.41. The first-order valence-corrected chi connectivity index (χ1v) is 10.9. The SMILES string of the molecule is CN(C)CCN1C(=O)C2C3C=CC(C2C1=O)C1C2C(=O)N(CCN(C)C)C(=O)C2C31. The third kappa shape index (κ3) is 2.46. The van der Waals surface area contributed by atoms with E-state index in [1.807, 2.05) is 38.0 Å². The van der Waals surface area contributed by atoms with Gasteiger partial charge in [-0.15, -0.1) is 0 Å². The lowest BCUT2D eigenvalue weighted by Crippen LogP contribution is -2.63. The average Bonchev–Trinajstić information content (AvgIpc) is 3.03. The minimum atomic E-state index is -0.365. The molecule has 0 aromatic carbocycles. The van der Waals surface area contributed by atoms with E-state index in [2.05, 4.69) is 12.2 Å². The summed E-state index contributed by atoms with van der Waals surface area (Å²) >= 11 is 0. The highest BCUT2D eigenvalue weighted by Gasteiger charge is 2.74. The zero-order chi connectivity index (χ0) is 21.5. The van der Waals surface area contributed by atoms with Gasteiger partial charge in [-0.25, -0.2) is 0 Å². The molecule has 0 aromatic rings. The highest BCUT2D eigenvalue weighted by molar-refractivity contribution is 6.09. The van der Waals surface area contributed by atoms with Gasteiger partial charge in [0.2, 0.25) is 23.6 Å². The highest BCUT2D eigenvalue weighted by atomic mass is 16.2. The van der Waals surface area contributed by atoms with Crippen LogP contribution in [0.1, 0.15) is 0 Å². The van der Waals surface area contributed by atoms with Crippen LogP contribution in [-0.4, -0.2) is 97.6 Å². The quantitative estimate of drug-likeness (QED) is 0.425. The molecule has 2 saturated carbocycles. The molecule has 0 radical (unpaired) electrons. The number of allylic oxidation sites excluding steroid dienone is 2. The summed E-state index contributed by atoms with van der Waals surface area (Å²) in [4.78, 5) is 59.4. The zero-order valence-corrected chi connectivity index (χ0v) is 18.0. The monoisotopic (exact) mass is 414 g/mol. The van der Waals surface area contributed by atoms with Gasteiger partial charge >= 0.3 is 0 Å². The van der Waals surface area contributed by atoms with Gasteiger partial charge < -0.3 is 9.80 Å². The molecule has 0 aromatic heterocycles. The van der Waals surface area contributed by atoms with Crippen molar-refractivity contribution >= 4 is 23.6 Å². The number of carbonyl (C=O) groups is 4. The zero-order valence-electron chi connectivity index (χ0n) is 18.0. The van der Waals surface area contributed by atoms with Gasteiger partial charge in [-0.2, -0.15) is 0 Å². The summed E-state index contributed by atoms with van der Waals surface area (Å²) in [5.41, 5.74) is 0. The minimum Gasteiger partial charge on any atom is -0.308 e. The molecule has 4 amide bonds. The van der Waals surface area contributed by atoms with E-state index < -0.39 is 0 Å². The molecule has 30 heavy (non-hydrogen) atoms. The summed E-state index contributed by atoms with van der Waals surface area (Å²) in [7, 11) is 7.68. The summed E-state index contributed by atoms with van der Waals surface area (Å²) in [5.74, 6) is -1.90. The van der Waals surface area contributed by atoms with Crippen LogP contribution in [0.2, 0.25) is 0 Å². The molecule has 2 heterocycles. The molecule has 2 aliphatic heterocycles. The van der Waals surface area contributed by atoms with E-state index in [0.717, 1.165) is 0 Å². The molecule has 4 aliphatic carbocycles. The van der Waals surface area contributed by atoms with E-state index in [1.54, 1.807) is 0 Å². The van der Waals surface area contributed by atoms with Gasteiger partial charge in [-0.3, -0.25) is 29.0 Å². The molecule has 8 unspecified atom stereocenters. The van der Waals surface area contributed by atoms with Gasteiger partial charge in [-0.1, -0.05) is 12.2 Å². The summed E-state index contributed by atoms with van der Waals surface area (Å²) in [5, 5.41) is 0. The van der Waals surface area contributed by atoms with Crippen LogP contribution in [-0.2, 0) is 19.2 Å². The van der Waals surface area contributed by atoms with Crippen molar-refractivity contribution in [1.29, 1.82) is 0 Å². The average molecular weight is 415 g/mol. The van der Waals surface area contributed by atoms with Gasteiger partial charge in [0.15, 0.2) is 0 Å². The Kier molecular flexibility index (Phi) is 4.45. The number of imide groups is 2. The Morgan fingerprint density at radius 2 is 0.967 bits per heavy atom. The summed E-state index contributed by atoms with van der Waals surface area (Å²) in [6, 6.07) is 0. The normalized spacial score (nSPS) is 41.1. The Morgan fingerprint density at radius 3 is 1.30 bits per heavy atom. The lowest BCUT2D eigenvalue weighted by Gasteiger charge is -2.60. The highest BCUT2D eigenvalue weighted by Crippen LogP contribution is 2.68. The number of rotatable bonds is 6. The molecule has 2 saturated heterocycles. The smallest absolute Gasteiger partial charge is 0.233 e. The Morgan fingerprint density at radius 1 is 0.633 bits per heavy atom. The predicted molar refractivity (Wildman–Crippen MR) is 108 cm³/mol. The van der Waals surface area contributed by atoms with Gasteiger partial charge in [0.1, 0.15) is 0 Å². The van der Waals surface area contributed by atoms with E-state index in [0.29, 0.717) is 26.2 Å².